The van der Waals surface area contributed by atoms with Crippen LogP contribution in [0.3, 0.4) is 0 Å². The summed E-state index contributed by atoms with van der Waals surface area (Å²) in [4.78, 5) is 37.9. The van der Waals surface area contributed by atoms with Crippen LogP contribution >= 0.6 is 0 Å². The van der Waals surface area contributed by atoms with Crippen molar-refractivity contribution in [3.05, 3.63) is 47.2 Å². The summed E-state index contributed by atoms with van der Waals surface area (Å²) in [7, 11) is 1.22. The van der Waals surface area contributed by atoms with Crippen molar-refractivity contribution in [2.24, 2.45) is 0 Å². The molecule has 152 valence electrons. The summed E-state index contributed by atoms with van der Waals surface area (Å²) in [5, 5.41) is 2.45. The van der Waals surface area contributed by atoms with Crippen molar-refractivity contribution in [1.82, 2.24) is 10.2 Å². The molecule has 1 fully saturated rings. The highest BCUT2D eigenvalue weighted by atomic mass is 16.6. The van der Waals surface area contributed by atoms with E-state index in [9.17, 15) is 14.4 Å². The van der Waals surface area contributed by atoms with E-state index in [0.29, 0.717) is 18.5 Å². The molecule has 0 radical (unpaired) electrons. The maximum absolute atomic E-state index is 12.2. The van der Waals surface area contributed by atoms with Gasteiger partial charge < -0.3 is 19.1 Å². The lowest BCUT2D eigenvalue weighted by Gasteiger charge is -2.24. The molecule has 28 heavy (non-hydrogen) atoms. The first kappa shape index (κ1) is 21.3. The minimum Gasteiger partial charge on any atom is -0.464 e. The first-order valence-electron chi connectivity index (χ1n) is 8.95. The van der Waals surface area contributed by atoms with E-state index < -0.39 is 23.8 Å². The van der Waals surface area contributed by atoms with Gasteiger partial charge in [-0.3, -0.25) is 5.32 Å². The quantitative estimate of drug-likeness (QED) is 0.483. The topological polar surface area (TPSA) is 94.2 Å². The number of likely N-dealkylation sites (tertiary alicyclic amines) is 1. The number of alkyl carbamates (subject to hydrolysis) is 1. The lowest BCUT2D eigenvalue weighted by molar-refractivity contribution is -0.136. The van der Waals surface area contributed by atoms with Gasteiger partial charge in [0.05, 0.1) is 7.11 Å². The largest absolute Gasteiger partial charge is 0.464 e. The van der Waals surface area contributed by atoms with Crippen LogP contribution in [-0.4, -0.2) is 48.9 Å². The average Bonchev–Trinajstić information content (AvgIpc) is 3.13. The number of nitrogens with zero attached hydrogens (tertiary/aromatic N) is 1. The summed E-state index contributed by atoms with van der Waals surface area (Å²) < 4.78 is 15.3. The lowest BCUT2D eigenvalue weighted by Crippen LogP contribution is -2.35. The van der Waals surface area contributed by atoms with E-state index in [1.165, 1.54) is 12.0 Å². The molecule has 1 aliphatic rings. The van der Waals surface area contributed by atoms with Gasteiger partial charge in [0.1, 0.15) is 17.9 Å². The third-order valence-electron chi connectivity index (χ3n) is 3.90. The van der Waals surface area contributed by atoms with E-state index in [1.807, 2.05) is 30.3 Å². The van der Waals surface area contributed by atoms with Gasteiger partial charge in [0, 0.05) is 13.1 Å². The Hall–Kier alpha value is -3.03. The zero-order valence-corrected chi connectivity index (χ0v) is 16.6. The Morgan fingerprint density at radius 3 is 2.43 bits per heavy atom. The second-order valence-corrected chi connectivity index (χ2v) is 7.31. The number of nitrogens with one attached hydrogen (secondary N) is 1. The normalized spacial score (nSPS) is 15.6. The summed E-state index contributed by atoms with van der Waals surface area (Å²) in [5.41, 5.74) is 0.775. The molecule has 0 saturated carbocycles. The van der Waals surface area contributed by atoms with Gasteiger partial charge >= 0.3 is 18.2 Å². The van der Waals surface area contributed by atoms with Crippen LogP contribution in [-0.2, 0) is 25.6 Å². The molecule has 1 aromatic rings. The van der Waals surface area contributed by atoms with Crippen molar-refractivity contribution in [2.75, 3.05) is 20.2 Å². The number of carbonyl (C=O) groups is 3. The Morgan fingerprint density at radius 2 is 1.82 bits per heavy atom. The predicted molar refractivity (Wildman–Crippen MR) is 101 cm³/mol. The minimum atomic E-state index is -0.771. The first-order chi connectivity index (χ1) is 13.2. The standard InChI is InChI=1S/C20H26N2O6/c1-20(2,3)28-19(25)22-11-10-15(12-22)16(17(23)26-4)21-18(24)27-13-14-8-6-5-7-9-14/h5-9H,10-13H2,1-4H3,(H,21,24). The number of benzene rings is 1. The highest BCUT2D eigenvalue weighted by Crippen LogP contribution is 2.21. The lowest BCUT2D eigenvalue weighted by atomic mass is 10.2. The summed E-state index contributed by atoms with van der Waals surface area (Å²) in [6.07, 6.45) is -0.825. The number of hydrogen-bond donors (Lipinski definition) is 1. The monoisotopic (exact) mass is 390 g/mol. The number of esters is 1. The van der Waals surface area contributed by atoms with Crippen LogP contribution in [0.1, 0.15) is 32.8 Å². The molecule has 0 aliphatic carbocycles. The molecule has 1 N–H and O–H groups in total. The molecule has 0 bridgehead atoms. The van der Waals surface area contributed by atoms with Gasteiger partial charge in [-0.05, 0) is 38.3 Å². The fourth-order valence-corrected chi connectivity index (χ4v) is 2.59. The highest BCUT2D eigenvalue weighted by Gasteiger charge is 2.30. The van der Waals surface area contributed by atoms with E-state index in [-0.39, 0.29) is 18.8 Å². The van der Waals surface area contributed by atoms with Gasteiger partial charge in [0.2, 0.25) is 0 Å². The highest BCUT2D eigenvalue weighted by molar-refractivity contribution is 5.93. The molecule has 1 aromatic carbocycles. The molecule has 1 aliphatic heterocycles. The third-order valence-corrected chi connectivity index (χ3v) is 3.90. The molecule has 2 amide bonds. The fourth-order valence-electron chi connectivity index (χ4n) is 2.59. The number of carbonyl (C=O) groups excluding carboxylic acids is 3. The van der Waals surface area contributed by atoms with Crippen molar-refractivity contribution in [1.29, 1.82) is 0 Å². The average molecular weight is 390 g/mol. The number of ether oxygens (including phenoxy) is 3. The molecule has 1 heterocycles. The van der Waals surface area contributed by atoms with Gasteiger partial charge in [-0.1, -0.05) is 30.3 Å². The molecular formula is C20H26N2O6. The summed E-state index contributed by atoms with van der Waals surface area (Å²) in [6.45, 7) is 5.95. The first-order valence-corrected chi connectivity index (χ1v) is 8.95. The SMILES string of the molecule is COC(=O)C(NC(=O)OCc1ccccc1)=C1CCN(C(=O)OC(C)(C)C)C1. The van der Waals surface area contributed by atoms with Crippen LogP contribution in [0, 0.1) is 0 Å². The number of amides is 2. The van der Waals surface area contributed by atoms with Crippen LogP contribution in [0.15, 0.2) is 41.6 Å². The van der Waals surface area contributed by atoms with E-state index in [2.05, 4.69) is 5.32 Å². The molecule has 8 heteroatoms. The second-order valence-electron chi connectivity index (χ2n) is 7.31. The van der Waals surface area contributed by atoms with Crippen molar-refractivity contribution >= 4 is 18.2 Å². The molecule has 0 spiro atoms. The molecule has 0 aromatic heterocycles. The summed E-state index contributed by atoms with van der Waals surface area (Å²) in [5.74, 6) is -0.697. The Morgan fingerprint density at radius 1 is 1.14 bits per heavy atom. The summed E-state index contributed by atoms with van der Waals surface area (Å²) >= 11 is 0. The smallest absolute Gasteiger partial charge is 0.412 e. The van der Waals surface area contributed by atoms with Crippen LogP contribution in [0.25, 0.3) is 0 Å². The van der Waals surface area contributed by atoms with Crippen molar-refractivity contribution in [2.45, 2.75) is 39.4 Å². The maximum atomic E-state index is 12.2. The van der Waals surface area contributed by atoms with E-state index in [0.717, 1.165) is 5.56 Å². The van der Waals surface area contributed by atoms with Gasteiger partial charge in [-0.25, -0.2) is 14.4 Å². The van der Waals surface area contributed by atoms with Crippen molar-refractivity contribution in [3.8, 4) is 0 Å². The van der Waals surface area contributed by atoms with Gasteiger partial charge in [0.15, 0.2) is 0 Å². The summed E-state index contributed by atoms with van der Waals surface area (Å²) in [6, 6.07) is 9.18. The molecule has 8 nitrogen and oxygen atoms in total. The molecule has 2 rings (SSSR count). The van der Waals surface area contributed by atoms with Crippen LogP contribution in [0.5, 0.6) is 0 Å². The van der Waals surface area contributed by atoms with Gasteiger partial charge in [0.25, 0.3) is 0 Å². The second kappa shape index (κ2) is 9.25. The Balaban J connectivity index is 2.03. The van der Waals surface area contributed by atoms with E-state index in [1.54, 1.807) is 20.8 Å². The number of hydrogen-bond acceptors (Lipinski definition) is 6. The molecule has 1 saturated heterocycles. The minimum absolute atomic E-state index is 0.00776. The van der Waals surface area contributed by atoms with Gasteiger partial charge in [-0.15, -0.1) is 0 Å². The number of methoxy groups -OCH3 is 1. The Labute approximate surface area is 164 Å². The number of rotatable bonds is 4. The fraction of sp³-hybridized carbons (Fsp3) is 0.450. The van der Waals surface area contributed by atoms with Crippen molar-refractivity contribution in [3.63, 3.8) is 0 Å². The van der Waals surface area contributed by atoms with Gasteiger partial charge in [-0.2, -0.15) is 0 Å². The predicted octanol–water partition coefficient (Wildman–Crippen LogP) is 2.98. The Kier molecular flexibility index (Phi) is 7.03. The van der Waals surface area contributed by atoms with E-state index in [4.69, 9.17) is 14.2 Å². The molecule has 0 unspecified atom stereocenters. The third kappa shape index (κ3) is 6.29. The van der Waals surface area contributed by atoms with Crippen LogP contribution in [0.4, 0.5) is 9.59 Å². The van der Waals surface area contributed by atoms with Crippen molar-refractivity contribution < 1.29 is 28.6 Å². The molecule has 0 atom stereocenters. The zero-order valence-electron chi connectivity index (χ0n) is 16.6. The van der Waals surface area contributed by atoms with Crippen LogP contribution < -0.4 is 5.32 Å². The molecular weight excluding hydrogens is 364 g/mol. The van der Waals surface area contributed by atoms with E-state index >= 15 is 0 Å². The maximum Gasteiger partial charge on any atom is 0.412 e. The zero-order chi connectivity index (χ0) is 20.7. The van der Waals surface area contributed by atoms with Crippen LogP contribution in [0.2, 0.25) is 0 Å². The Bertz CT molecular complexity index is 752.